The van der Waals surface area contributed by atoms with Gasteiger partial charge in [-0.05, 0) is 84.7 Å². The number of rotatable bonds is 10. The number of Topliss-reactive ketones (excluding diaryl/α,β-unsaturated/α-hetero) is 1. The summed E-state index contributed by atoms with van der Waals surface area (Å²) in [5.74, 6) is -0.712. The SMILES string of the molecule is CC(=O)c1ccc(CC(NS(=O)(=O)c2ccccn2)c2cccc(N(CC(=O)OC(C)(C)C)C(=O)OC(C)(C)C)n2)cc1. The fourth-order valence-electron chi connectivity index (χ4n) is 3.91. The van der Waals surface area contributed by atoms with Crippen LogP contribution >= 0.6 is 0 Å². The molecule has 2 aromatic heterocycles. The number of sulfonamides is 1. The molecule has 1 amide bonds. The third-order valence-electron chi connectivity index (χ3n) is 5.72. The molecule has 2 heterocycles. The van der Waals surface area contributed by atoms with Gasteiger partial charge in [0.2, 0.25) is 0 Å². The van der Waals surface area contributed by atoms with Gasteiger partial charge in [0.05, 0.1) is 11.7 Å². The van der Waals surface area contributed by atoms with Crippen molar-refractivity contribution in [3.8, 4) is 0 Å². The summed E-state index contributed by atoms with van der Waals surface area (Å²) in [5.41, 5.74) is -0.148. The molecule has 0 aliphatic carbocycles. The van der Waals surface area contributed by atoms with Crippen molar-refractivity contribution in [3.63, 3.8) is 0 Å². The first-order valence-corrected chi connectivity index (χ1v) is 15.1. The fourth-order valence-corrected chi connectivity index (χ4v) is 5.07. The molecule has 0 aliphatic heterocycles. The number of benzene rings is 1. The zero-order valence-corrected chi connectivity index (χ0v) is 26.3. The van der Waals surface area contributed by atoms with Crippen molar-refractivity contribution >= 4 is 33.7 Å². The number of esters is 1. The highest BCUT2D eigenvalue weighted by Crippen LogP contribution is 2.24. The Morgan fingerprint density at radius 2 is 1.53 bits per heavy atom. The van der Waals surface area contributed by atoms with Gasteiger partial charge in [0, 0.05) is 11.8 Å². The van der Waals surface area contributed by atoms with Crippen molar-refractivity contribution in [2.45, 2.75) is 77.2 Å². The highest BCUT2D eigenvalue weighted by atomic mass is 32.2. The van der Waals surface area contributed by atoms with Crippen LogP contribution in [0, 0.1) is 0 Å². The molecule has 0 aliphatic rings. The molecule has 0 fully saturated rings. The van der Waals surface area contributed by atoms with Crippen LogP contribution in [-0.4, -0.2) is 54.0 Å². The van der Waals surface area contributed by atoms with Gasteiger partial charge in [0.25, 0.3) is 10.0 Å². The minimum Gasteiger partial charge on any atom is -0.459 e. The Hall–Kier alpha value is -4.16. The Labute approximate surface area is 252 Å². The predicted octanol–water partition coefficient (Wildman–Crippen LogP) is 5.02. The largest absolute Gasteiger partial charge is 0.459 e. The maximum Gasteiger partial charge on any atom is 0.416 e. The van der Waals surface area contributed by atoms with Crippen LogP contribution in [0.5, 0.6) is 0 Å². The number of amides is 1. The molecular weight excluding hydrogens is 572 g/mol. The lowest BCUT2D eigenvalue weighted by Crippen LogP contribution is -2.42. The second kappa shape index (κ2) is 13.4. The number of aromatic nitrogens is 2. The van der Waals surface area contributed by atoms with Crippen LogP contribution in [0.1, 0.15) is 76.1 Å². The summed E-state index contributed by atoms with van der Waals surface area (Å²) >= 11 is 0. The van der Waals surface area contributed by atoms with Crippen LogP contribution in [0.2, 0.25) is 0 Å². The van der Waals surface area contributed by atoms with E-state index in [-0.39, 0.29) is 28.7 Å². The Morgan fingerprint density at radius 3 is 2.09 bits per heavy atom. The van der Waals surface area contributed by atoms with Gasteiger partial charge in [0.15, 0.2) is 10.8 Å². The van der Waals surface area contributed by atoms with Gasteiger partial charge in [-0.1, -0.05) is 36.4 Å². The molecule has 1 N–H and O–H groups in total. The molecule has 0 saturated carbocycles. The molecule has 12 heteroatoms. The van der Waals surface area contributed by atoms with E-state index in [0.717, 1.165) is 10.5 Å². The van der Waals surface area contributed by atoms with Gasteiger partial charge < -0.3 is 9.47 Å². The lowest BCUT2D eigenvalue weighted by molar-refractivity contribution is -0.153. The standard InChI is InChI=1S/C31H38N4O7S/c1-21(36)23-16-14-22(15-17-23)19-25(34-43(39,40)27-13-8-9-18-32-27)24-11-10-12-26(33-24)35(29(38)42-31(5,6)7)20-28(37)41-30(2,3)4/h8-18,25,34H,19-20H2,1-7H3. The van der Waals surface area contributed by atoms with Gasteiger partial charge >= 0.3 is 12.1 Å². The number of hydrogen-bond acceptors (Lipinski definition) is 9. The summed E-state index contributed by atoms with van der Waals surface area (Å²) < 4.78 is 40.3. The first-order valence-electron chi connectivity index (χ1n) is 13.7. The summed E-state index contributed by atoms with van der Waals surface area (Å²) in [6, 6.07) is 15.1. The molecule has 1 unspecified atom stereocenters. The smallest absolute Gasteiger partial charge is 0.416 e. The molecular formula is C31H38N4O7S. The zero-order chi connectivity index (χ0) is 32.0. The molecule has 43 heavy (non-hydrogen) atoms. The van der Waals surface area contributed by atoms with E-state index in [4.69, 9.17) is 9.47 Å². The molecule has 0 radical (unpaired) electrons. The topological polar surface area (TPSA) is 145 Å². The quantitative estimate of drug-likeness (QED) is 0.247. The predicted molar refractivity (Wildman–Crippen MR) is 161 cm³/mol. The number of nitrogens with zero attached hydrogens (tertiary/aromatic N) is 3. The number of ether oxygens (including phenoxy) is 2. The maximum absolute atomic E-state index is 13.3. The second-order valence-corrected chi connectivity index (χ2v) is 13.5. The highest BCUT2D eigenvalue weighted by Gasteiger charge is 2.30. The van der Waals surface area contributed by atoms with E-state index in [1.54, 1.807) is 90.1 Å². The van der Waals surface area contributed by atoms with Crippen LogP contribution in [0.25, 0.3) is 0 Å². The Morgan fingerprint density at radius 1 is 0.884 bits per heavy atom. The number of anilines is 1. The summed E-state index contributed by atoms with van der Waals surface area (Å²) in [7, 11) is -4.10. The summed E-state index contributed by atoms with van der Waals surface area (Å²) in [6.45, 7) is 11.2. The zero-order valence-electron chi connectivity index (χ0n) is 25.5. The molecule has 1 atom stereocenters. The minimum absolute atomic E-state index is 0.0616. The third kappa shape index (κ3) is 10.3. The molecule has 3 aromatic rings. The van der Waals surface area contributed by atoms with Crippen molar-refractivity contribution in [3.05, 3.63) is 83.7 Å². The van der Waals surface area contributed by atoms with Gasteiger partial charge in [-0.3, -0.25) is 14.5 Å². The molecule has 230 valence electrons. The van der Waals surface area contributed by atoms with Crippen LogP contribution < -0.4 is 9.62 Å². The number of hydrogen-bond donors (Lipinski definition) is 1. The molecule has 0 saturated heterocycles. The summed E-state index contributed by atoms with van der Waals surface area (Å²) in [4.78, 5) is 47.4. The third-order valence-corrected chi connectivity index (χ3v) is 7.11. The molecule has 11 nitrogen and oxygen atoms in total. The molecule has 3 rings (SSSR count). The van der Waals surface area contributed by atoms with Gasteiger partial charge in [-0.15, -0.1) is 0 Å². The van der Waals surface area contributed by atoms with E-state index in [9.17, 15) is 22.8 Å². The molecule has 0 spiro atoms. The number of carbonyl (C=O) groups is 3. The lowest BCUT2D eigenvalue weighted by Gasteiger charge is -2.28. The van der Waals surface area contributed by atoms with Crippen LogP contribution in [0.4, 0.5) is 10.6 Å². The molecule has 1 aromatic carbocycles. The van der Waals surface area contributed by atoms with Crippen molar-refractivity contribution in [1.29, 1.82) is 0 Å². The Kier molecular flexibility index (Phi) is 10.4. The Bertz CT molecular complexity index is 1550. The van der Waals surface area contributed by atoms with E-state index >= 15 is 0 Å². The van der Waals surface area contributed by atoms with Crippen LogP contribution in [-0.2, 0) is 30.7 Å². The first-order chi connectivity index (χ1) is 19.9. The fraction of sp³-hybridized carbons (Fsp3) is 0.387. The van der Waals surface area contributed by atoms with Gasteiger partial charge in [-0.25, -0.2) is 27.9 Å². The monoisotopic (exact) mass is 610 g/mol. The number of nitrogens with one attached hydrogen (secondary N) is 1. The highest BCUT2D eigenvalue weighted by molar-refractivity contribution is 7.89. The Balaban J connectivity index is 2.05. The van der Waals surface area contributed by atoms with E-state index in [0.29, 0.717) is 5.56 Å². The van der Waals surface area contributed by atoms with Crippen molar-refractivity contribution < 1.29 is 32.3 Å². The van der Waals surface area contributed by atoms with E-state index < -0.39 is 45.9 Å². The first kappa shape index (κ1) is 33.3. The van der Waals surface area contributed by atoms with Gasteiger partial charge in [-0.2, -0.15) is 0 Å². The normalized spacial score (nSPS) is 12.7. The van der Waals surface area contributed by atoms with Crippen molar-refractivity contribution in [1.82, 2.24) is 14.7 Å². The van der Waals surface area contributed by atoms with Crippen LogP contribution in [0.3, 0.4) is 0 Å². The van der Waals surface area contributed by atoms with Crippen molar-refractivity contribution in [2.75, 3.05) is 11.4 Å². The molecule has 0 bridgehead atoms. The number of ketones is 1. The minimum atomic E-state index is -4.10. The van der Waals surface area contributed by atoms with E-state index in [1.807, 2.05) is 0 Å². The van der Waals surface area contributed by atoms with Gasteiger partial charge in [0.1, 0.15) is 23.6 Å². The second-order valence-electron chi connectivity index (χ2n) is 11.9. The number of pyridine rings is 2. The average Bonchev–Trinajstić information content (AvgIpc) is 2.90. The number of carbonyl (C=O) groups excluding carboxylic acids is 3. The lowest BCUT2D eigenvalue weighted by atomic mass is 10.0. The van der Waals surface area contributed by atoms with Crippen molar-refractivity contribution in [2.24, 2.45) is 0 Å². The average molecular weight is 611 g/mol. The maximum atomic E-state index is 13.3. The van der Waals surface area contributed by atoms with E-state index in [2.05, 4.69) is 14.7 Å². The van der Waals surface area contributed by atoms with Crippen LogP contribution in [0.15, 0.2) is 71.9 Å². The van der Waals surface area contributed by atoms with E-state index in [1.165, 1.54) is 25.3 Å². The summed E-state index contributed by atoms with van der Waals surface area (Å²) in [5, 5.41) is -0.177. The summed E-state index contributed by atoms with van der Waals surface area (Å²) in [6.07, 6.45) is 0.700.